The van der Waals surface area contributed by atoms with E-state index in [-0.39, 0.29) is 12.2 Å². The van der Waals surface area contributed by atoms with E-state index in [2.05, 4.69) is 4.42 Å². The van der Waals surface area contributed by atoms with Gasteiger partial charge >= 0.3 is 11.6 Å². The zero-order valence-corrected chi connectivity index (χ0v) is 6.94. The Balaban J connectivity index is 3.01. The van der Waals surface area contributed by atoms with Crippen molar-refractivity contribution in [1.82, 2.24) is 0 Å². The molecule has 1 aromatic rings. The van der Waals surface area contributed by atoms with Crippen LogP contribution in [0.2, 0.25) is 0 Å². The van der Waals surface area contributed by atoms with Crippen LogP contribution in [0.5, 0.6) is 5.75 Å². The number of ether oxygens (including phenoxy) is 1. The molecule has 0 saturated carbocycles. The van der Waals surface area contributed by atoms with Crippen LogP contribution in [0.15, 0.2) is 21.3 Å². The van der Waals surface area contributed by atoms with Crippen LogP contribution in [-0.2, 0) is 11.2 Å². The largest absolute Gasteiger partial charge is 0.496 e. The summed E-state index contributed by atoms with van der Waals surface area (Å²) in [4.78, 5) is 21.1. The normalized spacial score (nSPS) is 9.62. The molecule has 0 bridgehead atoms. The molecule has 0 saturated heterocycles. The van der Waals surface area contributed by atoms with Crippen molar-refractivity contribution in [3.63, 3.8) is 0 Å². The van der Waals surface area contributed by atoms with E-state index in [1.807, 2.05) is 0 Å². The molecule has 0 fully saturated rings. The summed E-state index contributed by atoms with van der Waals surface area (Å²) in [6, 6.07) is 2.51. The summed E-state index contributed by atoms with van der Waals surface area (Å²) in [6.07, 6.45) is -0.327. The number of carboxylic acids is 1. The smallest absolute Gasteiger partial charge is 0.339 e. The lowest BCUT2D eigenvalue weighted by atomic mass is 10.3. The molecule has 0 atom stereocenters. The Morgan fingerprint density at radius 2 is 2.31 bits per heavy atom. The highest BCUT2D eigenvalue weighted by molar-refractivity contribution is 5.69. The van der Waals surface area contributed by atoms with Gasteiger partial charge in [0.05, 0.1) is 13.2 Å². The van der Waals surface area contributed by atoms with Crippen molar-refractivity contribution in [2.45, 2.75) is 6.42 Å². The molecular formula is C8H8O5. The fourth-order valence-electron chi connectivity index (χ4n) is 0.859. The molecule has 0 aliphatic heterocycles. The molecular weight excluding hydrogens is 176 g/mol. The highest BCUT2D eigenvalue weighted by atomic mass is 16.5. The summed E-state index contributed by atoms with van der Waals surface area (Å²) in [7, 11) is 1.39. The third kappa shape index (κ3) is 2.62. The molecule has 0 aromatic carbocycles. The van der Waals surface area contributed by atoms with Gasteiger partial charge in [0.2, 0.25) is 0 Å². The van der Waals surface area contributed by atoms with Gasteiger partial charge in [-0.1, -0.05) is 0 Å². The molecule has 0 aliphatic rings. The maximum Gasteiger partial charge on any atom is 0.339 e. The first-order valence-corrected chi connectivity index (χ1v) is 3.51. The van der Waals surface area contributed by atoms with E-state index in [4.69, 9.17) is 9.84 Å². The Hall–Kier alpha value is -1.78. The van der Waals surface area contributed by atoms with Crippen molar-refractivity contribution in [1.29, 1.82) is 0 Å². The van der Waals surface area contributed by atoms with E-state index >= 15 is 0 Å². The Labute approximate surface area is 73.6 Å². The van der Waals surface area contributed by atoms with E-state index in [9.17, 15) is 9.59 Å². The summed E-state index contributed by atoms with van der Waals surface area (Å²) < 4.78 is 9.38. The van der Waals surface area contributed by atoms with Gasteiger partial charge in [-0.3, -0.25) is 4.79 Å². The first kappa shape index (κ1) is 9.31. The number of rotatable bonds is 3. The third-order valence-electron chi connectivity index (χ3n) is 1.36. The molecule has 0 radical (unpaired) electrons. The van der Waals surface area contributed by atoms with Crippen LogP contribution in [0, 0.1) is 0 Å². The molecule has 1 rings (SSSR count). The average Bonchev–Trinajstić information content (AvgIpc) is 2.01. The molecule has 0 amide bonds. The minimum Gasteiger partial charge on any atom is -0.496 e. The van der Waals surface area contributed by atoms with Gasteiger partial charge in [-0.2, -0.15) is 0 Å². The standard InChI is InChI=1S/C8H8O5/c1-12-5-2-6(3-7(9)10)13-8(11)4-5/h2,4H,3H2,1H3,(H,9,10). The molecule has 1 aromatic heterocycles. The second kappa shape index (κ2) is 3.75. The second-order valence-electron chi connectivity index (χ2n) is 2.35. The maximum atomic E-state index is 10.8. The summed E-state index contributed by atoms with van der Waals surface area (Å²) in [6.45, 7) is 0. The van der Waals surface area contributed by atoms with E-state index < -0.39 is 11.6 Å². The van der Waals surface area contributed by atoms with Crippen LogP contribution in [0.4, 0.5) is 0 Å². The van der Waals surface area contributed by atoms with Gasteiger partial charge in [-0.15, -0.1) is 0 Å². The first-order valence-electron chi connectivity index (χ1n) is 3.51. The molecule has 1 heterocycles. The fraction of sp³-hybridized carbons (Fsp3) is 0.250. The van der Waals surface area contributed by atoms with Crippen molar-refractivity contribution >= 4 is 5.97 Å². The topological polar surface area (TPSA) is 76.7 Å². The number of hydrogen-bond acceptors (Lipinski definition) is 4. The third-order valence-corrected chi connectivity index (χ3v) is 1.36. The first-order chi connectivity index (χ1) is 6.11. The van der Waals surface area contributed by atoms with E-state index in [1.165, 1.54) is 13.2 Å². The van der Waals surface area contributed by atoms with Gasteiger partial charge in [-0.05, 0) is 0 Å². The quantitative estimate of drug-likeness (QED) is 0.729. The predicted molar refractivity (Wildman–Crippen MR) is 42.9 cm³/mol. The molecule has 5 nitrogen and oxygen atoms in total. The van der Waals surface area contributed by atoms with Crippen molar-refractivity contribution in [3.05, 3.63) is 28.3 Å². The number of methoxy groups -OCH3 is 1. The van der Waals surface area contributed by atoms with Crippen LogP contribution in [0.25, 0.3) is 0 Å². The zero-order chi connectivity index (χ0) is 9.84. The fourth-order valence-corrected chi connectivity index (χ4v) is 0.859. The van der Waals surface area contributed by atoms with Crippen molar-refractivity contribution in [2.75, 3.05) is 7.11 Å². The predicted octanol–water partition coefficient (Wildman–Crippen LogP) is 0.275. The second-order valence-corrected chi connectivity index (χ2v) is 2.35. The number of carboxylic acid groups (broad SMARTS) is 1. The molecule has 0 spiro atoms. The van der Waals surface area contributed by atoms with Crippen molar-refractivity contribution < 1.29 is 19.1 Å². The van der Waals surface area contributed by atoms with Gasteiger partial charge in [-0.25, -0.2) is 4.79 Å². The minimum absolute atomic E-state index is 0.0804. The van der Waals surface area contributed by atoms with Crippen LogP contribution in [0.3, 0.4) is 0 Å². The average molecular weight is 184 g/mol. The van der Waals surface area contributed by atoms with Gasteiger partial charge in [0.1, 0.15) is 17.9 Å². The summed E-state index contributed by atoms with van der Waals surface area (Å²) in [5.74, 6) is -0.680. The van der Waals surface area contributed by atoms with Gasteiger partial charge < -0.3 is 14.3 Å². The van der Waals surface area contributed by atoms with Crippen LogP contribution in [-0.4, -0.2) is 18.2 Å². The number of hydrogen-bond donors (Lipinski definition) is 1. The van der Waals surface area contributed by atoms with Gasteiger partial charge in [0.15, 0.2) is 0 Å². The lowest BCUT2D eigenvalue weighted by molar-refractivity contribution is -0.136. The van der Waals surface area contributed by atoms with Gasteiger partial charge in [0.25, 0.3) is 0 Å². The lowest BCUT2D eigenvalue weighted by Gasteiger charge is -1.99. The molecule has 70 valence electrons. The van der Waals surface area contributed by atoms with Crippen molar-refractivity contribution in [2.24, 2.45) is 0 Å². The van der Waals surface area contributed by atoms with Crippen molar-refractivity contribution in [3.8, 4) is 5.75 Å². The molecule has 5 heteroatoms. The maximum absolute atomic E-state index is 10.8. The summed E-state index contributed by atoms with van der Waals surface area (Å²) >= 11 is 0. The van der Waals surface area contributed by atoms with E-state index in [0.29, 0.717) is 5.75 Å². The van der Waals surface area contributed by atoms with Gasteiger partial charge in [0, 0.05) is 6.07 Å². The Morgan fingerprint density at radius 3 is 2.85 bits per heavy atom. The van der Waals surface area contributed by atoms with E-state index in [1.54, 1.807) is 0 Å². The number of aliphatic carboxylic acids is 1. The molecule has 1 N–H and O–H groups in total. The lowest BCUT2D eigenvalue weighted by Crippen LogP contribution is -2.05. The minimum atomic E-state index is -1.06. The van der Waals surface area contributed by atoms with Crippen LogP contribution >= 0.6 is 0 Å². The molecule has 0 unspecified atom stereocenters. The molecule has 0 aliphatic carbocycles. The summed E-state index contributed by atoms with van der Waals surface area (Å²) in [5, 5.41) is 8.42. The highest BCUT2D eigenvalue weighted by Crippen LogP contribution is 2.09. The SMILES string of the molecule is COc1cc(CC(=O)O)oc(=O)c1. The van der Waals surface area contributed by atoms with E-state index in [0.717, 1.165) is 6.07 Å². The Morgan fingerprint density at radius 1 is 1.62 bits per heavy atom. The van der Waals surface area contributed by atoms with Crippen LogP contribution in [0.1, 0.15) is 5.76 Å². The highest BCUT2D eigenvalue weighted by Gasteiger charge is 2.05. The molecule has 13 heavy (non-hydrogen) atoms. The van der Waals surface area contributed by atoms with Crippen LogP contribution < -0.4 is 10.4 Å². The Kier molecular flexibility index (Phi) is 2.69. The monoisotopic (exact) mass is 184 g/mol. The zero-order valence-electron chi connectivity index (χ0n) is 6.94. The number of carbonyl (C=O) groups is 1. The summed E-state index contributed by atoms with van der Waals surface area (Å²) in [5.41, 5.74) is -0.615. The Bertz CT molecular complexity index is 365.